The van der Waals surface area contributed by atoms with Crippen LogP contribution in [0.1, 0.15) is 86.0 Å². The van der Waals surface area contributed by atoms with Crippen LogP contribution < -0.4 is 0 Å². The first-order valence-corrected chi connectivity index (χ1v) is 20.2. The first-order valence-electron chi connectivity index (χ1n) is 20.2. The van der Waals surface area contributed by atoms with Gasteiger partial charge in [0.25, 0.3) is 5.79 Å². The first kappa shape index (κ1) is 39.2. The zero-order valence-electron chi connectivity index (χ0n) is 32.1. The van der Waals surface area contributed by atoms with Gasteiger partial charge in [-0.25, -0.2) is 19.6 Å². The average Bonchev–Trinajstić information content (AvgIpc) is 3.49. The molecule has 17 heteroatoms. The van der Waals surface area contributed by atoms with Gasteiger partial charge >= 0.3 is 12.4 Å². The Morgan fingerprint density at radius 2 is 1.25 bits per heavy atom. The number of fused-ring (bicyclic) bond motifs is 4. The highest BCUT2D eigenvalue weighted by atomic mass is 19.4. The van der Waals surface area contributed by atoms with Crippen molar-refractivity contribution in [2.45, 2.75) is 139 Å². The molecule has 10 fully saturated rings. The largest absolute Gasteiger partial charge is 0.456 e. The fourth-order valence-electron chi connectivity index (χ4n) is 12.1. The maximum absolute atomic E-state index is 15.3. The van der Waals surface area contributed by atoms with E-state index in [4.69, 9.17) is 43.2 Å². The summed E-state index contributed by atoms with van der Waals surface area (Å²) in [4.78, 5) is 27.6. The molecule has 11 aliphatic rings. The van der Waals surface area contributed by atoms with E-state index in [2.05, 4.69) is 13.8 Å². The molecule has 11 nitrogen and oxygen atoms in total. The second kappa shape index (κ2) is 13.1. The lowest BCUT2D eigenvalue weighted by atomic mass is 9.57. The Labute approximate surface area is 317 Å². The molecule has 14 atom stereocenters. The smallest absolute Gasteiger partial charge is 0.449 e. The zero-order valence-corrected chi connectivity index (χ0v) is 32.1. The lowest BCUT2D eigenvalue weighted by molar-refractivity contribution is -0.598. The van der Waals surface area contributed by atoms with E-state index in [1.807, 2.05) is 9.80 Å². The quantitative estimate of drug-likeness (QED) is 0.210. The number of ether oxygens (including phenoxy) is 5. The molecule has 0 aromatic heterocycles. The van der Waals surface area contributed by atoms with Crippen LogP contribution in [0.5, 0.6) is 0 Å². The normalized spacial score (nSPS) is 50.2. The van der Waals surface area contributed by atoms with Gasteiger partial charge in [0.05, 0.1) is 6.61 Å². The molecule has 0 radical (unpaired) electrons. The van der Waals surface area contributed by atoms with Crippen LogP contribution in [-0.4, -0.2) is 109 Å². The van der Waals surface area contributed by atoms with Gasteiger partial charge in [0.1, 0.15) is 0 Å². The van der Waals surface area contributed by atoms with E-state index >= 15 is 13.2 Å². The van der Waals surface area contributed by atoms with Crippen molar-refractivity contribution in [3.05, 3.63) is 11.3 Å². The summed E-state index contributed by atoms with van der Waals surface area (Å²) in [7, 11) is 0. The molecule has 0 amide bonds. The zero-order chi connectivity index (χ0) is 39.0. The number of piperazine rings is 1. The number of rotatable bonds is 6. The molecule has 8 saturated heterocycles. The molecule has 2 unspecified atom stereocenters. The summed E-state index contributed by atoms with van der Waals surface area (Å²) in [6.45, 7) is 10.6. The van der Waals surface area contributed by atoms with Gasteiger partial charge in [0.2, 0.25) is 23.6 Å². The summed E-state index contributed by atoms with van der Waals surface area (Å²) in [6.07, 6.45) is -7.45. The molecule has 9 heterocycles. The molecular weight excluding hydrogens is 742 g/mol. The number of hydrogen-bond acceptors (Lipinski definition) is 11. The van der Waals surface area contributed by atoms with Crippen LogP contribution in [0.2, 0.25) is 0 Å². The van der Waals surface area contributed by atoms with E-state index in [1.165, 1.54) is 6.92 Å². The molecule has 312 valence electrons. The lowest BCUT2D eigenvalue weighted by Gasteiger charge is -2.62. The molecule has 2 aliphatic carbocycles. The van der Waals surface area contributed by atoms with E-state index in [1.54, 1.807) is 13.8 Å². The third-order valence-corrected chi connectivity index (χ3v) is 15.2. The van der Waals surface area contributed by atoms with E-state index in [0.717, 1.165) is 12.8 Å². The molecular formula is C38H54F6N2O9. The van der Waals surface area contributed by atoms with E-state index < -0.39 is 77.0 Å². The highest BCUT2D eigenvalue weighted by Crippen LogP contribution is 2.65. The predicted octanol–water partition coefficient (Wildman–Crippen LogP) is 6.82. The fraction of sp³-hybridized carbons (Fsp3) is 0.947. The number of nitrogens with zero attached hydrogens (tertiary/aromatic N) is 2. The number of hydrogen-bond donors (Lipinski definition) is 0. The SMILES string of the molecule is C[C@@H]1CC[C@H]2C(CN3CCN(CCO[C@@]4(C(F)(F)F)O[C@@H]5O[C@@]6(C)CCC7[C@H](C)CC[C@@H]([C@H]4C)[C@]75OO6)CC3)=C(C(F)(F)F)O[C@@H]3O[C@@]4(C)CCC1[C@]32OO4. The summed E-state index contributed by atoms with van der Waals surface area (Å²) < 4.78 is 120. The average molecular weight is 797 g/mol. The second-order valence-electron chi connectivity index (χ2n) is 18.3. The topological polar surface area (TPSA) is 89.6 Å². The maximum atomic E-state index is 15.3. The third kappa shape index (κ3) is 5.89. The van der Waals surface area contributed by atoms with Crippen LogP contribution in [0.25, 0.3) is 0 Å². The minimum absolute atomic E-state index is 0.0113. The Balaban J connectivity index is 0.886. The van der Waals surface area contributed by atoms with Crippen molar-refractivity contribution in [3.63, 3.8) is 0 Å². The predicted molar refractivity (Wildman–Crippen MR) is 178 cm³/mol. The van der Waals surface area contributed by atoms with Crippen LogP contribution in [0, 0.1) is 41.4 Å². The molecule has 55 heavy (non-hydrogen) atoms. The van der Waals surface area contributed by atoms with Gasteiger partial charge in [-0.15, -0.1) is 0 Å². The highest BCUT2D eigenvalue weighted by molar-refractivity contribution is 5.29. The molecule has 2 spiro atoms. The van der Waals surface area contributed by atoms with Crippen molar-refractivity contribution in [2.24, 2.45) is 41.4 Å². The molecule has 9 aliphatic heterocycles. The number of halogens is 6. The minimum Gasteiger partial charge on any atom is -0.456 e. The van der Waals surface area contributed by atoms with Crippen LogP contribution in [0.15, 0.2) is 11.3 Å². The van der Waals surface area contributed by atoms with Crippen molar-refractivity contribution in [3.8, 4) is 0 Å². The number of allylic oxidation sites excluding steroid dienone is 1. The Kier molecular flexibility index (Phi) is 9.34. The van der Waals surface area contributed by atoms with Crippen LogP contribution in [0.3, 0.4) is 0 Å². The summed E-state index contributed by atoms with van der Waals surface area (Å²) in [5.41, 5.74) is -2.23. The summed E-state index contributed by atoms with van der Waals surface area (Å²) in [6, 6.07) is 0. The number of alkyl halides is 6. The minimum atomic E-state index is -4.88. The van der Waals surface area contributed by atoms with Crippen LogP contribution in [-0.2, 0) is 43.2 Å². The Hall–Kier alpha value is -1.28. The van der Waals surface area contributed by atoms with Crippen molar-refractivity contribution in [2.75, 3.05) is 45.9 Å². The van der Waals surface area contributed by atoms with E-state index in [-0.39, 0.29) is 48.9 Å². The lowest BCUT2D eigenvalue weighted by Crippen LogP contribution is -2.76. The molecule has 11 rings (SSSR count). The van der Waals surface area contributed by atoms with Crippen LogP contribution >= 0.6 is 0 Å². The van der Waals surface area contributed by atoms with Crippen molar-refractivity contribution >= 4 is 0 Å². The Morgan fingerprint density at radius 3 is 1.89 bits per heavy atom. The molecule has 0 N–H and O–H groups in total. The van der Waals surface area contributed by atoms with Gasteiger partial charge in [-0.3, -0.25) is 9.80 Å². The van der Waals surface area contributed by atoms with Crippen molar-refractivity contribution in [1.82, 2.24) is 9.80 Å². The van der Waals surface area contributed by atoms with Gasteiger partial charge in [0.15, 0.2) is 17.5 Å². The van der Waals surface area contributed by atoms with Crippen molar-refractivity contribution < 1.29 is 69.6 Å². The summed E-state index contributed by atoms with van der Waals surface area (Å²) >= 11 is 0. The molecule has 4 bridgehead atoms. The summed E-state index contributed by atoms with van der Waals surface area (Å²) in [5.74, 6) is -8.56. The Bertz CT molecular complexity index is 1530. The first-order chi connectivity index (χ1) is 25.8. The third-order valence-electron chi connectivity index (χ3n) is 15.2. The summed E-state index contributed by atoms with van der Waals surface area (Å²) in [5, 5.41) is 0. The van der Waals surface area contributed by atoms with Gasteiger partial charge in [-0.2, -0.15) is 26.3 Å². The monoisotopic (exact) mass is 796 g/mol. The van der Waals surface area contributed by atoms with Gasteiger partial charge < -0.3 is 23.7 Å². The second-order valence-corrected chi connectivity index (χ2v) is 18.3. The van der Waals surface area contributed by atoms with Gasteiger partial charge in [-0.1, -0.05) is 20.8 Å². The van der Waals surface area contributed by atoms with Gasteiger partial charge in [-0.05, 0) is 75.7 Å². The Morgan fingerprint density at radius 1 is 0.673 bits per heavy atom. The highest BCUT2D eigenvalue weighted by Gasteiger charge is 2.77. The fourth-order valence-corrected chi connectivity index (χ4v) is 12.1. The molecule has 2 saturated carbocycles. The van der Waals surface area contributed by atoms with E-state index in [0.29, 0.717) is 64.7 Å². The van der Waals surface area contributed by atoms with Crippen LogP contribution in [0.4, 0.5) is 26.3 Å². The molecule has 0 aromatic carbocycles. The standard InChI is InChI=1S/C38H54F6N2O9/c1-21-6-8-27-23(3)36(38(42,43)44,51-31-34(27)25(21)10-13-33(5,50-31)53-54-34)47-19-18-45-14-16-46(17-15-45)20-24-28-9-7-22(2)26-11-12-32(4)49-30(35(26,28)55-52-32)48-29(24)37(39,40)41/h21-23,25-28,30-31H,6-20H2,1-5H3/t21-,22-,23-,25?,26?,27+,28+,30-,31+,32-,33-,34-,35-,36-/m1/s1. The van der Waals surface area contributed by atoms with E-state index in [9.17, 15) is 13.2 Å². The van der Waals surface area contributed by atoms with Crippen molar-refractivity contribution in [1.29, 1.82) is 0 Å². The maximum Gasteiger partial charge on any atom is 0.449 e. The molecule has 0 aromatic rings. The van der Waals surface area contributed by atoms with Gasteiger partial charge in [0, 0.05) is 75.8 Å².